The summed E-state index contributed by atoms with van der Waals surface area (Å²) in [6.45, 7) is 6.40. The van der Waals surface area contributed by atoms with Crippen LogP contribution in [0.15, 0.2) is 97.2 Å². The molecule has 0 aromatic rings. The standard InChI is InChI=1S/C54H88O6/c1-4-7-10-13-16-19-22-24-25-26-27-28-29-31-32-35-38-41-44-47-53(56)59-50-51(49-58-52(55)46-43-40-37-34-21-18-15-12-9-6-3)60-54(57)48-45-42-39-36-33-30-23-20-17-14-11-8-5-2/h7,10,13,16,19,22,24-33,51H,4-6,8-9,11-12,14-15,17-18,20-21,23,34-50H2,1-3H3/b10-7-,16-13-,22-19-,25-24-,27-26+,29-28-,32-31-,33-30-. The molecule has 1 atom stereocenters. The van der Waals surface area contributed by atoms with Crippen molar-refractivity contribution in [3.05, 3.63) is 97.2 Å². The fraction of sp³-hybridized carbons (Fsp3) is 0.648. The van der Waals surface area contributed by atoms with Crippen molar-refractivity contribution in [1.29, 1.82) is 0 Å². The summed E-state index contributed by atoms with van der Waals surface area (Å²) in [6, 6.07) is 0. The van der Waals surface area contributed by atoms with Gasteiger partial charge < -0.3 is 14.2 Å². The van der Waals surface area contributed by atoms with Gasteiger partial charge in [-0.2, -0.15) is 0 Å². The molecule has 0 N–H and O–H groups in total. The zero-order chi connectivity index (χ0) is 43.7. The molecular formula is C54H88O6. The minimum absolute atomic E-state index is 0.0983. The smallest absolute Gasteiger partial charge is 0.306 e. The molecule has 0 aliphatic heterocycles. The van der Waals surface area contributed by atoms with Gasteiger partial charge in [-0.25, -0.2) is 0 Å². The molecule has 0 aliphatic carbocycles. The van der Waals surface area contributed by atoms with Gasteiger partial charge in [0, 0.05) is 19.3 Å². The Kier molecular flexibility index (Phi) is 45.1. The van der Waals surface area contributed by atoms with Gasteiger partial charge in [0.1, 0.15) is 13.2 Å². The van der Waals surface area contributed by atoms with Crippen molar-refractivity contribution in [3.8, 4) is 0 Å². The van der Waals surface area contributed by atoms with Gasteiger partial charge in [-0.15, -0.1) is 0 Å². The molecule has 0 aromatic carbocycles. The van der Waals surface area contributed by atoms with Crippen molar-refractivity contribution in [3.63, 3.8) is 0 Å². The second-order valence-electron chi connectivity index (χ2n) is 15.8. The van der Waals surface area contributed by atoms with E-state index in [1.807, 2.05) is 72.9 Å². The maximum absolute atomic E-state index is 12.7. The zero-order valence-electron chi connectivity index (χ0n) is 38.7. The Morgan fingerprint density at radius 2 is 0.667 bits per heavy atom. The first kappa shape index (κ1) is 56.3. The Balaban J connectivity index is 4.50. The first-order chi connectivity index (χ1) is 29.5. The minimum atomic E-state index is -0.802. The summed E-state index contributed by atoms with van der Waals surface area (Å²) < 4.78 is 16.7. The van der Waals surface area contributed by atoms with E-state index in [0.717, 1.165) is 83.5 Å². The molecule has 0 heterocycles. The Morgan fingerprint density at radius 3 is 1.08 bits per heavy atom. The third kappa shape index (κ3) is 45.4. The molecule has 0 bridgehead atoms. The number of hydrogen-bond donors (Lipinski definition) is 0. The molecule has 0 aromatic heterocycles. The summed E-state index contributed by atoms with van der Waals surface area (Å²) in [5.41, 5.74) is 0. The van der Waals surface area contributed by atoms with Crippen LogP contribution in [-0.2, 0) is 28.6 Å². The number of hydrogen-bond acceptors (Lipinski definition) is 6. The van der Waals surface area contributed by atoms with E-state index in [4.69, 9.17) is 14.2 Å². The van der Waals surface area contributed by atoms with Crippen molar-refractivity contribution in [2.75, 3.05) is 13.2 Å². The number of esters is 3. The van der Waals surface area contributed by atoms with Crippen LogP contribution in [0.4, 0.5) is 0 Å². The van der Waals surface area contributed by atoms with E-state index in [9.17, 15) is 14.4 Å². The molecule has 0 spiro atoms. The lowest BCUT2D eigenvalue weighted by Gasteiger charge is -2.18. The third-order valence-corrected chi connectivity index (χ3v) is 10.0. The van der Waals surface area contributed by atoms with Gasteiger partial charge in [-0.1, -0.05) is 221 Å². The summed E-state index contributed by atoms with van der Waals surface area (Å²) >= 11 is 0. The maximum Gasteiger partial charge on any atom is 0.306 e. The highest BCUT2D eigenvalue weighted by Crippen LogP contribution is 2.13. The molecule has 0 saturated heterocycles. The highest BCUT2D eigenvalue weighted by Gasteiger charge is 2.19. The number of ether oxygens (including phenoxy) is 3. The summed E-state index contributed by atoms with van der Waals surface area (Å²) in [7, 11) is 0. The SMILES string of the molecule is CC\C=C/C=C\C=C/C=C\C=C\C=C/C=C\CCCCCC(=O)OCC(COC(=O)CCCCCCCCCCCC)OC(=O)CCCCC/C=C\CCCCCCCC. The minimum Gasteiger partial charge on any atom is -0.462 e. The quantitative estimate of drug-likeness (QED) is 0.0200. The molecule has 340 valence electrons. The molecule has 6 heteroatoms. The highest BCUT2D eigenvalue weighted by atomic mass is 16.6. The maximum atomic E-state index is 12.7. The molecular weight excluding hydrogens is 745 g/mol. The topological polar surface area (TPSA) is 78.9 Å². The van der Waals surface area contributed by atoms with Gasteiger partial charge in [0.05, 0.1) is 0 Å². The van der Waals surface area contributed by atoms with Crippen LogP contribution in [0, 0.1) is 0 Å². The lowest BCUT2D eigenvalue weighted by molar-refractivity contribution is -0.167. The Labute approximate surface area is 368 Å². The van der Waals surface area contributed by atoms with Crippen LogP contribution in [0.5, 0.6) is 0 Å². The third-order valence-electron chi connectivity index (χ3n) is 10.0. The predicted octanol–water partition coefficient (Wildman–Crippen LogP) is 15.8. The van der Waals surface area contributed by atoms with Crippen LogP contribution >= 0.6 is 0 Å². The van der Waals surface area contributed by atoms with Gasteiger partial charge in [0.15, 0.2) is 6.10 Å². The van der Waals surface area contributed by atoms with E-state index in [0.29, 0.717) is 19.3 Å². The van der Waals surface area contributed by atoms with E-state index >= 15 is 0 Å². The first-order valence-corrected chi connectivity index (χ1v) is 24.3. The number of carbonyl (C=O) groups excluding carboxylic acids is 3. The molecule has 0 amide bonds. The van der Waals surface area contributed by atoms with Crippen LogP contribution in [0.3, 0.4) is 0 Å². The molecule has 0 fully saturated rings. The monoisotopic (exact) mass is 833 g/mol. The predicted molar refractivity (Wildman–Crippen MR) is 256 cm³/mol. The van der Waals surface area contributed by atoms with Crippen LogP contribution in [0.2, 0.25) is 0 Å². The molecule has 1 unspecified atom stereocenters. The van der Waals surface area contributed by atoms with Crippen molar-refractivity contribution < 1.29 is 28.6 Å². The molecule has 0 aliphatic rings. The molecule has 6 nitrogen and oxygen atoms in total. The Morgan fingerprint density at radius 1 is 0.350 bits per heavy atom. The van der Waals surface area contributed by atoms with Gasteiger partial charge in [0.25, 0.3) is 0 Å². The van der Waals surface area contributed by atoms with Crippen LogP contribution in [-0.4, -0.2) is 37.2 Å². The normalized spacial score (nSPS) is 12.9. The van der Waals surface area contributed by atoms with Crippen molar-refractivity contribution in [2.45, 2.75) is 213 Å². The van der Waals surface area contributed by atoms with Crippen molar-refractivity contribution in [1.82, 2.24) is 0 Å². The number of unbranched alkanes of at least 4 members (excludes halogenated alkanes) is 21. The lowest BCUT2D eigenvalue weighted by Crippen LogP contribution is -2.30. The van der Waals surface area contributed by atoms with Crippen LogP contribution < -0.4 is 0 Å². The van der Waals surface area contributed by atoms with Gasteiger partial charge >= 0.3 is 17.9 Å². The fourth-order valence-corrected chi connectivity index (χ4v) is 6.36. The second-order valence-corrected chi connectivity index (χ2v) is 15.8. The Bertz CT molecular complexity index is 1230. The van der Waals surface area contributed by atoms with E-state index < -0.39 is 6.10 Å². The second kappa shape index (κ2) is 48.0. The average Bonchev–Trinajstić information content (AvgIpc) is 3.24. The molecule has 0 rings (SSSR count). The summed E-state index contributed by atoms with van der Waals surface area (Å²) in [6.07, 6.45) is 62.4. The average molecular weight is 833 g/mol. The molecule has 60 heavy (non-hydrogen) atoms. The zero-order valence-corrected chi connectivity index (χ0v) is 38.7. The van der Waals surface area contributed by atoms with E-state index in [2.05, 4.69) is 45.1 Å². The summed E-state index contributed by atoms with van der Waals surface area (Å²) in [4.78, 5) is 37.8. The van der Waals surface area contributed by atoms with Crippen LogP contribution in [0.25, 0.3) is 0 Å². The number of carbonyl (C=O) groups is 3. The van der Waals surface area contributed by atoms with E-state index in [-0.39, 0.29) is 31.1 Å². The highest BCUT2D eigenvalue weighted by molar-refractivity contribution is 5.71. The molecule has 0 saturated carbocycles. The summed E-state index contributed by atoms with van der Waals surface area (Å²) in [5.74, 6) is -0.969. The fourth-order valence-electron chi connectivity index (χ4n) is 6.36. The van der Waals surface area contributed by atoms with E-state index in [1.54, 1.807) is 0 Å². The number of rotatable bonds is 42. The first-order valence-electron chi connectivity index (χ1n) is 24.3. The van der Waals surface area contributed by atoms with Gasteiger partial charge in [-0.05, 0) is 64.2 Å². The Hall–Kier alpha value is -3.67. The summed E-state index contributed by atoms with van der Waals surface area (Å²) in [5, 5.41) is 0. The number of allylic oxidation sites excluding steroid dienone is 16. The van der Waals surface area contributed by atoms with Crippen LogP contribution in [0.1, 0.15) is 207 Å². The largest absolute Gasteiger partial charge is 0.462 e. The molecule has 0 radical (unpaired) electrons. The van der Waals surface area contributed by atoms with E-state index in [1.165, 1.54) is 83.5 Å². The lowest BCUT2D eigenvalue weighted by atomic mass is 10.1. The van der Waals surface area contributed by atoms with Crippen molar-refractivity contribution in [2.24, 2.45) is 0 Å². The van der Waals surface area contributed by atoms with Gasteiger partial charge in [-0.3, -0.25) is 14.4 Å². The van der Waals surface area contributed by atoms with Gasteiger partial charge in [0.2, 0.25) is 0 Å². The van der Waals surface area contributed by atoms with Crippen molar-refractivity contribution >= 4 is 17.9 Å².